The van der Waals surface area contributed by atoms with Gasteiger partial charge in [-0.1, -0.05) is 23.7 Å². The van der Waals surface area contributed by atoms with Gasteiger partial charge in [0.05, 0.1) is 10.7 Å². The van der Waals surface area contributed by atoms with E-state index in [9.17, 15) is 4.79 Å². The predicted molar refractivity (Wildman–Crippen MR) is 105 cm³/mol. The van der Waals surface area contributed by atoms with E-state index in [0.29, 0.717) is 13.1 Å². The van der Waals surface area contributed by atoms with E-state index >= 15 is 0 Å². The lowest BCUT2D eigenvalue weighted by Gasteiger charge is -2.36. The maximum Gasteiger partial charge on any atom is 0.321 e. The van der Waals surface area contributed by atoms with Crippen LogP contribution in [0.15, 0.2) is 48.5 Å². The number of anilines is 3. The molecule has 1 aliphatic heterocycles. The van der Waals surface area contributed by atoms with Crippen molar-refractivity contribution in [2.24, 2.45) is 0 Å². The number of urea groups is 1. The highest BCUT2D eigenvalue weighted by atomic mass is 35.5. The minimum Gasteiger partial charge on any atom is -0.378 e. The van der Waals surface area contributed by atoms with Crippen LogP contribution in [0.3, 0.4) is 0 Å². The fourth-order valence-corrected chi connectivity index (χ4v) is 3.16. The molecule has 2 aromatic carbocycles. The lowest BCUT2D eigenvalue weighted by atomic mass is 10.2. The van der Waals surface area contributed by atoms with Crippen molar-refractivity contribution < 1.29 is 4.79 Å². The van der Waals surface area contributed by atoms with Gasteiger partial charge in [-0.05, 0) is 36.4 Å². The Kier molecular flexibility index (Phi) is 5.34. The third-order valence-electron chi connectivity index (χ3n) is 4.39. The van der Waals surface area contributed by atoms with E-state index in [1.54, 1.807) is 0 Å². The average molecular weight is 359 g/mol. The Labute approximate surface area is 153 Å². The molecule has 6 heteroatoms. The van der Waals surface area contributed by atoms with E-state index in [2.05, 4.69) is 10.2 Å². The number of hydrogen-bond acceptors (Lipinski definition) is 3. The number of carbonyl (C=O) groups is 1. The van der Waals surface area contributed by atoms with Gasteiger partial charge in [0.2, 0.25) is 0 Å². The van der Waals surface area contributed by atoms with Crippen LogP contribution in [0.4, 0.5) is 21.9 Å². The minimum absolute atomic E-state index is 0.0589. The quantitative estimate of drug-likeness (QED) is 0.908. The molecular formula is C19H23ClN4O. The Morgan fingerprint density at radius 1 is 1.00 bits per heavy atom. The fourth-order valence-electron chi connectivity index (χ4n) is 2.90. The molecule has 132 valence electrons. The Balaban J connectivity index is 1.55. The molecule has 1 fully saturated rings. The number of piperazine rings is 1. The molecule has 2 amide bonds. The molecule has 0 radical (unpaired) electrons. The first-order valence-corrected chi connectivity index (χ1v) is 8.75. The third-order valence-corrected chi connectivity index (χ3v) is 4.71. The number of hydrogen-bond donors (Lipinski definition) is 1. The second-order valence-electron chi connectivity index (χ2n) is 6.30. The number of rotatable bonds is 3. The van der Waals surface area contributed by atoms with Crippen molar-refractivity contribution in [3.63, 3.8) is 0 Å². The van der Waals surface area contributed by atoms with Crippen molar-refractivity contribution in [1.82, 2.24) is 4.90 Å². The van der Waals surface area contributed by atoms with Crippen molar-refractivity contribution in [3.05, 3.63) is 53.6 Å². The molecule has 5 nitrogen and oxygen atoms in total. The molecule has 0 saturated carbocycles. The molecule has 0 atom stereocenters. The molecule has 25 heavy (non-hydrogen) atoms. The molecule has 0 aromatic heterocycles. The summed E-state index contributed by atoms with van der Waals surface area (Å²) in [6.45, 7) is 2.90. The maximum atomic E-state index is 12.5. The van der Waals surface area contributed by atoms with Gasteiger partial charge in [-0.3, -0.25) is 0 Å². The Hall–Kier alpha value is -2.40. The predicted octanol–water partition coefficient (Wildman–Crippen LogP) is 3.76. The SMILES string of the molecule is CN(C)c1ccc(NC(=O)N2CCN(c3ccccc3Cl)CC2)cc1. The molecule has 1 saturated heterocycles. The molecular weight excluding hydrogens is 336 g/mol. The fraction of sp³-hybridized carbons (Fsp3) is 0.316. The van der Waals surface area contributed by atoms with Gasteiger partial charge in [-0.15, -0.1) is 0 Å². The van der Waals surface area contributed by atoms with Gasteiger partial charge in [0.1, 0.15) is 0 Å². The summed E-state index contributed by atoms with van der Waals surface area (Å²) in [6, 6.07) is 15.6. The lowest BCUT2D eigenvalue weighted by Crippen LogP contribution is -2.50. The van der Waals surface area contributed by atoms with Gasteiger partial charge in [0, 0.05) is 51.6 Å². The average Bonchev–Trinajstić information content (AvgIpc) is 2.63. The normalized spacial score (nSPS) is 14.4. The summed E-state index contributed by atoms with van der Waals surface area (Å²) >= 11 is 6.26. The zero-order valence-electron chi connectivity index (χ0n) is 14.6. The van der Waals surface area contributed by atoms with Crippen LogP contribution in [-0.2, 0) is 0 Å². The monoisotopic (exact) mass is 358 g/mol. The summed E-state index contributed by atoms with van der Waals surface area (Å²) in [5.41, 5.74) is 2.94. The highest BCUT2D eigenvalue weighted by molar-refractivity contribution is 6.33. The van der Waals surface area contributed by atoms with Gasteiger partial charge in [0.15, 0.2) is 0 Å². The van der Waals surface area contributed by atoms with E-state index in [1.165, 1.54) is 0 Å². The largest absolute Gasteiger partial charge is 0.378 e. The maximum absolute atomic E-state index is 12.5. The van der Waals surface area contributed by atoms with Crippen LogP contribution < -0.4 is 15.1 Å². The van der Waals surface area contributed by atoms with Crippen LogP contribution in [0.2, 0.25) is 5.02 Å². The number of benzene rings is 2. The summed E-state index contributed by atoms with van der Waals surface area (Å²) in [5.74, 6) is 0. The summed E-state index contributed by atoms with van der Waals surface area (Å²) in [6.07, 6.45) is 0. The van der Waals surface area contributed by atoms with Crippen molar-refractivity contribution in [2.75, 3.05) is 55.4 Å². The zero-order chi connectivity index (χ0) is 17.8. The third kappa shape index (κ3) is 4.17. The number of nitrogens with one attached hydrogen (secondary N) is 1. The van der Waals surface area contributed by atoms with E-state index in [-0.39, 0.29) is 6.03 Å². The zero-order valence-corrected chi connectivity index (χ0v) is 15.3. The van der Waals surface area contributed by atoms with Crippen molar-refractivity contribution >= 4 is 34.7 Å². The first kappa shape index (κ1) is 17.4. The standard InChI is InChI=1S/C19H23ClN4O/c1-22(2)16-9-7-15(8-10-16)21-19(25)24-13-11-23(12-14-24)18-6-4-3-5-17(18)20/h3-10H,11-14H2,1-2H3,(H,21,25). The highest BCUT2D eigenvalue weighted by Gasteiger charge is 2.22. The van der Waals surface area contributed by atoms with Crippen LogP contribution in [0.25, 0.3) is 0 Å². The van der Waals surface area contributed by atoms with Gasteiger partial charge >= 0.3 is 6.03 Å². The number of amides is 2. The second-order valence-corrected chi connectivity index (χ2v) is 6.70. The lowest BCUT2D eigenvalue weighted by molar-refractivity contribution is 0.208. The number of para-hydroxylation sites is 1. The molecule has 1 N–H and O–H groups in total. The molecule has 3 rings (SSSR count). The summed E-state index contributed by atoms with van der Waals surface area (Å²) < 4.78 is 0. The minimum atomic E-state index is -0.0589. The van der Waals surface area contributed by atoms with Crippen LogP contribution in [0.5, 0.6) is 0 Å². The van der Waals surface area contributed by atoms with Crippen LogP contribution in [0.1, 0.15) is 0 Å². The van der Waals surface area contributed by atoms with E-state index < -0.39 is 0 Å². The van der Waals surface area contributed by atoms with Crippen molar-refractivity contribution in [1.29, 1.82) is 0 Å². The number of carbonyl (C=O) groups excluding carboxylic acids is 1. The van der Waals surface area contributed by atoms with E-state index in [0.717, 1.165) is 35.2 Å². The van der Waals surface area contributed by atoms with Crippen LogP contribution in [-0.4, -0.2) is 51.2 Å². The molecule has 0 spiro atoms. The Bertz CT molecular complexity index is 724. The van der Waals surface area contributed by atoms with Gasteiger partial charge < -0.3 is 20.0 Å². The molecule has 1 aliphatic rings. The van der Waals surface area contributed by atoms with E-state index in [4.69, 9.17) is 11.6 Å². The van der Waals surface area contributed by atoms with Crippen molar-refractivity contribution in [3.8, 4) is 0 Å². The highest BCUT2D eigenvalue weighted by Crippen LogP contribution is 2.26. The summed E-state index contributed by atoms with van der Waals surface area (Å²) in [7, 11) is 3.98. The first-order valence-electron chi connectivity index (χ1n) is 8.37. The second kappa shape index (κ2) is 7.66. The summed E-state index contributed by atoms with van der Waals surface area (Å²) in [4.78, 5) is 18.5. The number of halogens is 1. The van der Waals surface area contributed by atoms with E-state index in [1.807, 2.05) is 72.4 Å². The van der Waals surface area contributed by atoms with Crippen LogP contribution >= 0.6 is 11.6 Å². The van der Waals surface area contributed by atoms with Crippen LogP contribution in [0, 0.1) is 0 Å². The molecule has 0 bridgehead atoms. The topological polar surface area (TPSA) is 38.8 Å². The van der Waals surface area contributed by atoms with Gasteiger partial charge in [-0.2, -0.15) is 0 Å². The Morgan fingerprint density at radius 2 is 1.64 bits per heavy atom. The molecule has 1 heterocycles. The molecule has 0 unspecified atom stereocenters. The summed E-state index contributed by atoms with van der Waals surface area (Å²) in [5, 5.41) is 3.72. The first-order chi connectivity index (χ1) is 12.0. The number of nitrogens with zero attached hydrogens (tertiary/aromatic N) is 3. The van der Waals surface area contributed by atoms with Gasteiger partial charge in [-0.25, -0.2) is 4.79 Å². The molecule has 2 aromatic rings. The Morgan fingerprint density at radius 3 is 2.24 bits per heavy atom. The molecule has 0 aliphatic carbocycles. The van der Waals surface area contributed by atoms with Gasteiger partial charge in [0.25, 0.3) is 0 Å². The smallest absolute Gasteiger partial charge is 0.321 e. The van der Waals surface area contributed by atoms with Crippen molar-refractivity contribution in [2.45, 2.75) is 0 Å².